The van der Waals surface area contributed by atoms with Crippen LogP contribution in [-0.2, 0) is 33.4 Å². The fraction of sp³-hybridized carbons (Fsp3) is 0.525. The largest absolute Gasteiger partial charge is 0.508 e. The SMILES string of the molecule is C[C@@H]1CCc2cc3ccc2[C@H]1C[C@@H](S(=O)(=O)O)[C@H]1C=C2C[C@H](C[C@H]4C[C@@H](CO)CC#Cc5cc(O)ccc5[C@@H]2O4)[C@@H]1c1ccc(cc1)[C@](C[C@H](Cc1ccccc1)[C@]1(O)CCCC2(CCCC2)C1)(N=C(N)N)O3. The van der Waals surface area contributed by atoms with Crippen LogP contribution in [0.2, 0.25) is 0 Å². The maximum Gasteiger partial charge on any atom is 0.268 e. The normalized spacial score (nSPS) is 32.7. The van der Waals surface area contributed by atoms with Gasteiger partial charge in [0, 0.05) is 42.1 Å². The summed E-state index contributed by atoms with van der Waals surface area (Å²) in [5.41, 5.74) is 17.9. The number of fused-ring (bicyclic) bond motifs is 9. The first kappa shape index (κ1) is 50.0. The van der Waals surface area contributed by atoms with Gasteiger partial charge in [0.25, 0.3) is 10.1 Å². The Hall–Kier alpha value is -5.16. The molecule has 0 unspecified atom stereocenters. The van der Waals surface area contributed by atoms with Gasteiger partial charge in [-0.05, 0) is 170 Å². The number of aliphatic hydroxyl groups is 2. The van der Waals surface area contributed by atoms with Gasteiger partial charge < -0.3 is 36.3 Å². The molecule has 13 rings (SSSR count). The molecule has 12 atom stereocenters. The number of phenolic OH excluding ortho intramolecular Hbond substituents is 1. The summed E-state index contributed by atoms with van der Waals surface area (Å²) in [7, 11) is -4.67. The average molecular weight is 1010 g/mol. The van der Waals surface area contributed by atoms with E-state index in [1.807, 2.05) is 30.3 Å². The first-order valence-electron chi connectivity index (χ1n) is 27.1. The van der Waals surface area contributed by atoms with Crippen molar-refractivity contribution in [3.63, 3.8) is 0 Å². The van der Waals surface area contributed by atoms with E-state index in [1.54, 1.807) is 12.1 Å². The number of rotatable bonds is 8. The molecule has 1 saturated heterocycles. The molecule has 4 aliphatic carbocycles. The summed E-state index contributed by atoms with van der Waals surface area (Å²) in [4.78, 5) is 5.15. The maximum absolute atomic E-state index is 14.4. The van der Waals surface area contributed by atoms with E-state index < -0.39 is 38.7 Å². The van der Waals surface area contributed by atoms with E-state index >= 15 is 0 Å². The van der Waals surface area contributed by atoms with E-state index in [4.69, 9.17) is 25.9 Å². The number of phenols is 1. The fourth-order valence-corrected chi connectivity index (χ4v) is 16.5. The van der Waals surface area contributed by atoms with Crippen molar-refractivity contribution in [1.82, 2.24) is 0 Å². The van der Waals surface area contributed by atoms with Crippen LogP contribution in [0.5, 0.6) is 11.5 Å². The number of allylic oxidation sites excluding steroid dienone is 1. The molecule has 73 heavy (non-hydrogen) atoms. The van der Waals surface area contributed by atoms with Crippen molar-refractivity contribution < 1.29 is 37.8 Å². The van der Waals surface area contributed by atoms with Crippen molar-refractivity contribution >= 4 is 16.1 Å². The van der Waals surface area contributed by atoms with E-state index in [9.17, 15) is 28.3 Å². The number of aliphatic hydroxyl groups excluding tert-OH is 1. The van der Waals surface area contributed by atoms with Gasteiger partial charge in [0.05, 0.1) is 17.0 Å². The molecule has 3 fully saturated rings. The molecule has 4 aromatic carbocycles. The number of hydrogen-bond acceptors (Lipinski definition) is 8. The van der Waals surface area contributed by atoms with Crippen LogP contribution < -0.4 is 16.2 Å². The van der Waals surface area contributed by atoms with Gasteiger partial charge in [-0.3, -0.25) is 4.55 Å². The third kappa shape index (κ3) is 9.98. The number of nitrogens with two attached hydrogens (primary N) is 2. The minimum Gasteiger partial charge on any atom is -0.508 e. The highest BCUT2D eigenvalue weighted by atomic mass is 32.2. The van der Waals surface area contributed by atoms with Gasteiger partial charge in [0.15, 0.2) is 5.96 Å². The van der Waals surface area contributed by atoms with E-state index in [-0.39, 0.29) is 78.2 Å². The number of nitrogens with zero attached hydrogens (tertiary/aromatic N) is 1. The Labute approximate surface area is 431 Å². The molecule has 0 aromatic heterocycles. The lowest BCUT2D eigenvalue weighted by molar-refractivity contribution is -0.110. The van der Waals surface area contributed by atoms with E-state index in [0.29, 0.717) is 61.8 Å². The molecule has 0 amide bonds. The zero-order valence-corrected chi connectivity index (χ0v) is 43.0. The Balaban J connectivity index is 1.10. The second-order valence-electron chi connectivity index (χ2n) is 23.5. The molecule has 10 bridgehead atoms. The molecule has 0 radical (unpaired) electrons. The number of ether oxygens (including phenoxy) is 2. The summed E-state index contributed by atoms with van der Waals surface area (Å²) < 4.78 is 55.0. The molecule has 2 saturated carbocycles. The maximum atomic E-state index is 14.4. The predicted octanol–water partition coefficient (Wildman–Crippen LogP) is 10.3. The van der Waals surface area contributed by atoms with Crippen LogP contribution >= 0.6 is 0 Å². The zero-order valence-electron chi connectivity index (χ0n) is 42.2. The Morgan fingerprint density at radius 2 is 1.68 bits per heavy atom. The summed E-state index contributed by atoms with van der Waals surface area (Å²) in [6.45, 7) is 2.12. The Kier molecular flexibility index (Phi) is 13.6. The van der Waals surface area contributed by atoms with E-state index in [0.717, 1.165) is 71.9 Å². The van der Waals surface area contributed by atoms with Crippen molar-refractivity contribution in [2.45, 2.75) is 157 Å². The molecular weight excluding hydrogens is 935 g/mol. The number of guanidine groups is 1. The number of aryl methyl sites for hydroxylation is 1. The molecule has 4 aromatic rings. The van der Waals surface area contributed by atoms with E-state index in [2.05, 4.69) is 73.4 Å². The Morgan fingerprint density at radius 3 is 2.44 bits per heavy atom. The summed E-state index contributed by atoms with van der Waals surface area (Å²) >= 11 is 0. The lowest BCUT2D eigenvalue weighted by Crippen LogP contribution is -2.50. The molecule has 11 nitrogen and oxygen atoms in total. The number of aromatic hydroxyl groups is 1. The minimum absolute atomic E-state index is 0.0651. The summed E-state index contributed by atoms with van der Waals surface area (Å²) in [5, 5.41) is 33.5. The fourth-order valence-electron chi connectivity index (χ4n) is 15.4. The van der Waals surface area contributed by atoms with Gasteiger partial charge in [-0.25, -0.2) is 4.99 Å². The molecule has 8 N–H and O–H groups in total. The highest BCUT2D eigenvalue weighted by molar-refractivity contribution is 7.86. The van der Waals surface area contributed by atoms with Crippen LogP contribution in [0.3, 0.4) is 0 Å². The molecular formula is C61H73N3O8S. The lowest BCUT2D eigenvalue weighted by atomic mass is 9.60. The number of hydrogen-bond donors (Lipinski definition) is 6. The van der Waals surface area contributed by atoms with Gasteiger partial charge >= 0.3 is 0 Å². The predicted molar refractivity (Wildman–Crippen MR) is 283 cm³/mol. The van der Waals surface area contributed by atoms with Crippen molar-refractivity contribution in [3.05, 3.63) is 142 Å². The van der Waals surface area contributed by atoms with E-state index in [1.165, 1.54) is 12.8 Å². The van der Waals surface area contributed by atoms with Crippen LogP contribution in [-0.4, -0.2) is 57.8 Å². The standard InChI is InChI=1S/C61H73N3O8S/c1-38-13-14-43-31-49-20-22-51(43)53(38)34-55(73(68,69)70)54-33-45-29-44(32-50-28-40(36-65)11-7-12-42-30-48(66)19-21-52(42)57(45)71-50)56(54)41-15-17-46(18-16-41)61(72-49,64-58(62)63)35-47(27-39-9-3-2-4-10-39)60(67)26-8-25-59(37-60)23-5-6-24-59/h2-4,9-10,15-22,30-31,33,38,40,44,47,50,53-57,65-67H,5-6,8,11,13-14,23-29,32,34-37H2,1H3,(H4,62,63,64)(H,68,69,70)/t38-,40+,44-,47+,50-,53+,54-,55-,56+,57-,60+,61-/m1/s1. The summed E-state index contributed by atoms with van der Waals surface area (Å²) in [6.07, 6.45) is 14.1. The molecule has 12 heteroatoms. The van der Waals surface area contributed by atoms with Gasteiger partial charge in [-0.15, -0.1) is 0 Å². The second-order valence-corrected chi connectivity index (χ2v) is 25.1. The Bertz CT molecular complexity index is 2920. The van der Waals surface area contributed by atoms with Crippen LogP contribution in [0.15, 0.2) is 108 Å². The van der Waals surface area contributed by atoms with Gasteiger partial charge in [-0.1, -0.05) is 111 Å². The van der Waals surface area contributed by atoms with Crippen molar-refractivity contribution in [2.75, 3.05) is 6.61 Å². The first-order chi connectivity index (χ1) is 35.1. The minimum atomic E-state index is -4.67. The van der Waals surface area contributed by atoms with Crippen molar-refractivity contribution in [2.24, 2.45) is 51.5 Å². The van der Waals surface area contributed by atoms with Gasteiger partial charge in [0.1, 0.15) is 17.6 Å². The van der Waals surface area contributed by atoms with Crippen molar-refractivity contribution in [1.29, 1.82) is 0 Å². The highest BCUT2D eigenvalue weighted by Crippen LogP contribution is 2.58. The summed E-state index contributed by atoms with van der Waals surface area (Å²) in [5.74, 6) is 5.37. The van der Waals surface area contributed by atoms with Crippen LogP contribution in [0, 0.1) is 46.8 Å². The quantitative estimate of drug-likeness (QED) is 0.0325. The van der Waals surface area contributed by atoms with Crippen LogP contribution in [0.25, 0.3) is 0 Å². The van der Waals surface area contributed by atoms with Gasteiger partial charge in [-0.2, -0.15) is 8.42 Å². The molecule has 9 aliphatic rings. The molecule has 386 valence electrons. The second kappa shape index (κ2) is 19.8. The van der Waals surface area contributed by atoms with Crippen LogP contribution in [0.1, 0.15) is 160 Å². The molecule has 5 heterocycles. The average Bonchev–Trinajstić information content (AvgIpc) is 3.75. The lowest BCUT2D eigenvalue weighted by Gasteiger charge is -2.49. The number of benzene rings is 4. The molecule has 1 spiro atoms. The third-order valence-electron chi connectivity index (χ3n) is 18.8. The number of aliphatic imine (C=N–C) groups is 1. The monoisotopic (exact) mass is 1010 g/mol. The Morgan fingerprint density at radius 1 is 0.918 bits per heavy atom. The third-order valence-corrected chi connectivity index (χ3v) is 20.1. The smallest absolute Gasteiger partial charge is 0.268 e. The van der Waals surface area contributed by atoms with Gasteiger partial charge in [0.2, 0.25) is 5.72 Å². The first-order valence-corrected chi connectivity index (χ1v) is 28.6. The topological polar surface area (TPSA) is 198 Å². The molecule has 5 aliphatic heterocycles. The van der Waals surface area contributed by atoms with Crippen molar-refractivity contribution in [3.8, 4) is 23.3 Å². The zero-order chi connectivity index (χ0) is 50.7. The summed E-state index contributed by atoms with van der Waals surface area (Å²) in [6, 6.07) is 29.8. The van der Waals surface area contributed by atoms with Crippen LogP contribution in [0.4, 0.5) is 0 Å². The highest BCUT2D eigenvalue weighted by Gasteiger charge is 2.53.